The Bertz CT molecular complexity index is 679. The Hall–Kier alpha value is -2.36. The zero-order valence-electron chi connectivity index (χ0n) is 14.5. The van der Waals surface area contributed by atoms with E-state index in [1.807, 2.05) is 42.6 Å². The van der Waals surface area contributed by atoms with Crippen LogP contribution in [0.15, 0.2) is 42.6 Å². The molecule has 1 unspecified atom stereocenters. The van der Waals surface area contributed by atoms with Gasteiger partial charge in [0.15, 0.2) is 0 Å². The summed E-state index contributed by atoms with van der Waals surface area (Å²) < 4.78 is 0. The molecular weight excluding hydrogens is 298 g/mol. The molecule has 2 heterocycles. The fourth-order valence-corrected chi connectivity index (χ4v) is 3.11. The molecule has 24 heavy (non-hydrogen) atoms. The van der Waals surface area contributed by atoms with Crippen LogP contribution in [0.1, 0.15) is 41.4 Å². The zero-order chi connectivity index (χ0) is 16.9. The van der Waals surface area contributed by atoms with E-state index in [-0.39, 0.29) is 5.91 Å². The first kappa shape index (κ1) is 16.5. The van der Waals surface area contributed by atoms with Crippen molar-refractivity contribution >= 4 is 11.6 Å². The summed E-state index contributed by atoms with van der Waals surface area (Å²) in [4.78, 5) is 18.9. The number of rotatable bonds is 4. The molecule has 2 aromatic rings. The zero-order valence-corrected chi connectivity index (χ0v) is 14.5. The van der Waals surface area contributed by atoms with Crippen LogP contribution in [0.4, 0.5) is 5.69 Å². The third-order valence-corrected chi connectivity index (χ3v) is 4.58. The fraction of sp³-hybridized carbons (Fsp3) is 0.400. The largest absolute Gasteiger partial charge is 0.370 e. The lowest BCUT2D eigenvalue weighted by atomic mass is 10.00. The lowest BCUT2D eigenvalue weighted by molar-refractivity contribution is 0.0946. The van der Waals surface area contributed by atoms with Crippen molar-refractivity contribution in [3.63, 3.8) is 0 Å². The maximum Gasteiger partial charge on any atom is 0.270 e. The number of nitrogens with one attached hydrogen (secondary N) is 1. The van der Waals surface area contributed by atoms with Crippen molar-refractivity contribution in [2.75, 3.05) is 18.0 Å². The Labute approximate surface area is 143 Å². The average molecular weight is 323 g/mol. The molecule has 0 radical (unpaired) electrons. The van der Waals surface area contributed by atoms with Crippen LogP contribution in [-0.2, 0) is 6.54 Å². The number of carbonyl (C=O) groups is 1. The second-order valence-corrected chi connectivity index (χ2v) is 6.76. The normalized spacial score (nSPS) is 17.6. The number of hydrogen-bond acceptors (Lipinski definition) is 3. The molecule has 0 saturated carbocycles. The van der Waals surface area contributed by atoms with Gasteiger partial charge in [0.1, 0.15) is 5.69 Å². The molecule has 126 valence electrons. The Morgan fingerprint density at radius 3 is 2.71 bits per heavy atom. The van der Waals surface area contributed by atoms with Crippen LogP contribution in [-0.4, -0.2) is 24.0 Å². The lowest BCUT2D eigenvalue weighted by Gasteiger charge is -2.32. The molecular formula is C20H25N3O. The summed E-state index contributed by atoms with van der Waals surface area (Å²) >= 11 is 0. The summed E-state index contributed by atoms with van der Waals surface area (Å²) in [5, 5.41) is 2.93. The highest BCUT2D eigenvalue weighted by molar-refractivity contribution is 5.92. The van der Waals surface area contributed by atoms with Gasteiger partial charge < -0.3 is 10.2 Å². The summed E-state index contributed by atoms with van der Waals surface area (Å²) in [6, 6.07) is 12.0. The molecule has 1 amide bonds. The van der Waals surface area contributed by atoms with Gasteiger partial charge in [0.05, 0.1) is 11.9 Å². The van der Waals surface area contributed by atoms with E-state index in [0.29, 0.717) is 12.2 Å². The SMILES string of the molecule is Cc1ccc(CNC(=O)c2ccc(N3CCCC(C)C3)cn2)cc1. The van der Waals surface area contributed by atoms with Crippen LogP contribution in [0.3, 0.4) is 0 Å². The molecule has 1 aromatic carbocycles. The lowest BCUT2D eigenvalue weighted by Crippen LogP contribution is -2.34. The molecule has 1 aromatic heterocycles. The first-order valence-corrected chi connectivity index (χ1v) is 8.66. The number of carbonyl (C=O) groups excluding carboxylic acids is 1. The molecule has 1 N–H and O–H groups in total. The number of aryl methyl sites for hydroxylation is 1. The van der Waals surface area contributed by atoms with Crippen molar-refractivity contribution in [3.05, 3.63) is 59.4 Å². The van der Waals surface area contributed by atoms with Crippen molar-refractivity contribution in [2.45, 2.75) is 33.2 Å². The highest BCUT2D eigenvalue weighted by Crippen LogP contribution is 2.22. The minimum atomic E-state index is -0.130. The van der Waals surface area contributed by atoms with Gasteiger partial charge in [-0.15, -0.1) is 0 Å². The van der Waals surface area contributed by atoms with Crippen LogP contribution in [0.2, 0.25) is 0 Å². The molecule has 1 aliphatic heterocycles. The van der Waals surface area contributed by atoms with Gasteiger partial charge in [-0.2, -0.15) is 0 Å². The molecule has 3 rings (SSSR count). The van der Waals surface area contributed by atoms with Crippen LogP contribution < -0.4 is 10.2 Å². The smallest absolute Gasteiger partial charge is 0.270 e. The van der Waals surface area contributed by atoms with E-state index in [0.717, 1.165) is 30.3 Å². The number of pyridine rings is 1. The first-order valence-electron chi connectivity index (χ1n) is 8.66. The molecule has 1 atom stereocenters. The van der Waals surface area contributed by atoms with E-state index in [9.17, 15) is 4.79 Å². The quantitative estimate of drug-likeness (QED) is 0.936. The summed E-state index contributed by atoms with van der Waals surface area (Å²) in [6.45, 7) is 7.00. The van der Waals surface area contributed by atoms with Gasteiger partial charge in [0.2, 0.25) is 0 Å². The predicted octanol–water partition coefficient (Wildman–Crippen LogP) is 3.56. The standard InChI is InChI=1S/C20H25N3O/c1-15-5-7-17(8-6-15)12-22-20(24)19-10-9-18(13-21-19)23-11-3-4-16(2)14-23/h5-10,13,16H,3-4,11-12,14H2,1-2H3,(H,22,24). The molecule has 4 heteroatoms. The fourth-order valence-electron chi connectivity index (χ4n) is 3.11. The Morgan fingerprint density at radius 2 is 2.04 bits per heavy atom. The van der Waals surface area contributed by atoms with E-state index in [4.69, 9.17) is 0 Å². The van der Waals surface area contributed by atoms with E-state index < -0.39 is 0 Å². The number of amides is 1. The number of nitrogens with zero attached hydrogens (tertiary/aromatic N) is 2. The highest BCUT2D eigenvalue weighted by Gasteiger charge is 2.17. The number of aromatic nitrogens is 1. The first-order chi connectivity index (χ1) is 11.6. The number of anilines is 1. The van der Waals surface area contributed by atoms with Gasteiger partial charge in [0.25, 0.3) is 5.91 Å². The van der Waals surface area contributed by atoms with Crippen molar-refractivity contribution in [1.82, 2.24) is 10.3 Å². The monoisotopic (exact) mass is 323 g/mol. The minimum Gasteiger partial charge on any atom is -0.370 e. The Balaban J connectivity index is 1.58. The molecule has 0 bridgehead atoms. The van der Waals surface area contributed by atoms with E-state index >= 15 is 0 Å². The summed E-state index contributed by atoms with van der Waals surface area (Å²) in [5.74, 6) is 0.588. The summed E-state index contributed by atoms with van der Waals surface area (Å²) in [5.41, 5.74) is 3.88. The van der Waals surface area contributed by atoms with Crippen LogP contribution in [0.5, 0.6) is 0 Å². The summed E-state index contributed by atoms with van der Waals surface area (Å²) in [6.07, 6.45) is 4.34. The molecule has 4 nitrogen and oxygen atoms in total. The third-order valence-electron chi connectivity index (χ3n) is 4.58. The second-order valence-electron chi connectivity index (χ2n) is 6.76. The van der Waals surface area contributed by atoms with E-state index in [2.05, 4.69) is 29.0 Å². The van der Waals surface area contributed by atoms with Crippen LogP contribution >= 0.6 is 0 Å². The van der Waals surface area contributed by atoms with Crippen LogP contribution in [0.25, 0.3) is 0 Å². The minimum absolute atomic E-state index is 0.130. The van der Waals surface area contributed by atoms with Gasteiger partial charge in [-0.1, -0.05) is 36.8 Å². The van der Waals surface area contributed by atoms with Gasteiger partial charge in [-0.05, 0) is 43.4 Å². The Kier molecular flexibility index (Phi) is 5.14. The molecule has 1 saturated heterocycles. The van der Waals surface area contributed by atoms with Crippen molar-refractivity contribution in [2.24, 2.45) is 5.92 Å². The van der Waals surface area contributed by atoms with E-state index in [1.54, 1.807) is 0 Å². The second kappa shape index (κ2) is 7.47. The van der Waals surface area contributed by atoms with Gasteiger partial charge >= 0.3 is 0 Å². The van der Waals surface area contributed by atoms with Gasteiger partial charge in [-0.3, -0.25) is 4.79 Å². The number of benzene rings is 1. The number of piperidine rings is 1. The van der Waals surface area contributed by atoms with Crippen molar-refractivity contribution in [1.29, 1.82) is 0 Å². The Morgan fingerprint density at radius 1 is 1.25 bits per heavy atom. The van der Waals surface area contributed by atoms with E-state index in [1.165, 1.54) is 18.4 Å². The van der Waals surface area contributed by atoms with Gasteiger partial charge in [0, 0.05) is 19.6 Å². The molecule has 0 spiro atoms. The maximum absolute atomic E-state index is 12.2. The van der Waals surface area contributed by atoms with Crippen molar-refractivity contribution in [3.8, 4) is 0 Å². The topological polar surface area (TPSA) is 45.2 Å². The van der Waals surface area contributed by atoms with Gasteiger partial charge in [-0.25, -0.2) is 4.98 Å². The third kappa shape index (κ3) is 4.13. The molecule has 1 aliphatic rings. The van der Waals surface area contributed by atoms with Crippen molar-refractivity contribution < 1.29 is 4.79 Å². The summed E-state index contributed by atoms with van der Waals surface area (Å²) in [7, 11) is 0. The average Bonchev–Trinajstić information content (AvgIpc) is 2.61. The predicted molar refractivity (Wildman–Crippen MR) is 97.2 cm³/mol. The number of hydrogen-bond donors (Lipinski definition) is 1. The maximum atomic E-state index is 12.2. The highest BCUT2D eigenvalue weighted by atomic mass is 16.1. The molecule has 0 aliphatic carbocycles. The molecule has 1 fully saturated rings. The van der Waals surface area contributed by atoms with Crippen LogP contribution in [0, 0.1) is 12.8 Å².